The first kappa shape index (κ1) is 14.3. The maximum atomic E-state index is 8.97. The molecule has 0 aromatic rings. The summed E-state index contributed by atoms with van der Waals surface area (Å²) in [5.41, 5.74) is 0. The van der Waals surface area contributed by atoms with Gasteiger partial charge < -0.3 is 0 Å². The van der Waals surface area contributed by atoms with Crippen molar-refractivity contribution < 1.29 is 23.2 Å². The SMILES string of the molecule is NS(=O)(=O)O.OC(O)C[CH2][Na]. The Morgan fingerprint density at radius 3 is 1.73 bits per heavy atom. The number of nitrogens with two attached hydrogens (primary N) is 1. The molecule has 0 aliphatic heterocycles. The van der Waals surface area contributed by atoms with Gasteiger partial charge in [0.2, 0.25) is 0 Å². The summed E-state index contributed by atoms with van der Waals surface area (Å²) in [5, 5.41) is 20.1. The van der Waals surface area contributed by atoms with Gasteiger partial charge in [-0.15, -0.1) is 0 Å². The topological polar surface area (TPSA) is 121 Å². The number of aliphatic hydroxyl groups is 2. The van der Waals surface area contributed by atoms with Crippen LogP contribution in [0.2, 0.25) is 3.67 Å². The van der Waals surface area contributed by atoms with Crippen molar-refractivity contribution in [2.75, 3.05) is 0 Å². The van der Waals surface area contributed by atoms with Gasteiger partial charge in [-0.2, -0.15) is 8.42 Å². The Bertz CT molecular complexity index is 159. The van der Waals surface area contributed by atoms with E-state index in [1.54, 1.807) is 0 Å². The van der Waals surface area contributed by atoms with Crippen molar-refractivity contribution in [2.45, 2.75) is 16.4 Å². The normalized spacial score (nSPS) is 10.8. The van der Waals surface area contributed by atoms with Crippen LogP contribution in [0.3, 0.4) is 0 Å². The molecule has 11 heavy (non-hydrogen) atoms. The maximum absolute atomic E-state index is 8.97. The molecule has 0 bridgehead atoms. The zero-order chi connectivity index (χ0) is 9.49. The van der Waals surface area contributed by atoms with E-state index in [0.29, 0.717) is 6.42 Å². The molecule has 0 unspecified atom stereocenters. The molecule has 6 nitrogen and oxygen atoms in total. The van der Waals surface area contributed by atoms with Crippen LogP contribution in [0.1, 0.15) is 6.42 Å². The summed E-state index contributed by atoms with van der Waals surface area (Å²) in [6, 6.07) is 0. The van der Waals surface area contributed by atoms with Crippen LogP contribution >= 0.6 is 0 Å². The van der Waals surface area contributed by atoms with Crippen LogP contribution in [-0.2, 0) is 10.3 Å². The zero-order valence-corrected chi connectivity index (χ0v) is 8.95. The Hall–Kier alpha value is 0.790. The number of aliphatic hydroxyl groups excluding tert-OH is 1. The van der Waals surface area contributed by atoms with Crippen molar-refractivity contribution >= 4 is 38.2 Å². The summed E-state index contributed by atoms with van der Waals surface area (Å²) < 4.78 is 26.2. The van der Waals surface area contributed by atoms with Gasteiger partial charge >= 0.3 is 64.8 Å². The van der Waals surface area contributed by atoms with Gasteiger partial charge in [-0.25, -0.2) is 5.14 Å². The molecule has 0 atom stereocenters. The van der Waals surface area contributed by atoms with Crippen molar-refractivity contribution in [3.63, 3.8) is 0 Å². The molecular formula is C3H10NNaO5S. The van der Waals surface area contributed by atoms with E-state index in [1.807, 2.05) is 0 Å². The molecule has 64 valence electrons. The molecule has 0 amide bonds. The molecule has 0 saturated heterocycles. The van der Waals surface area contributed by atoms with Crippen LogP contribution in [0, 0.1) is 0 Å². The second-order valence-corrected chi connectivity index (χ2v) is 3.81. The summed E-state index contributed by atoms with van der Waals surface area (Å²) in [4.78, 5) is 0. The minimum absolute atomic E-state index is 0.548. The van der Waals surface area contributed by atoms with Crippen LogP contribution in [0.15, 0.2) is 0 Å². The van der Waals surface area contributed by atoms with Crippen molar-refractivity contribution in [3.05, 3.63) is 0 Å². The Balaban J connectivity index is 0. The Kier molecular flexibility index (Phi) is 9.69. The molecule has 0 aliphatic rings. The van der Waals surface area contributed by atoms with Gasteiger partial charge in [0.05, 0.1) is 0 Å². The van der Waals surface area contributed by atoms with Crippen molar-refractivity contribution in [1.29, 1.82) is 0 Å². The predicted molar refractivity (Wildman–Crippen MR) is 39.1 cm³/mol. The Labute approximate surface area is 82.7 Å². The number of rotatable bonds is 2. The fraction of sp³-hybridized carbons (Fsp3) is 1.00. The van der Waals surface area contributed by atoms with Crippen molar-refractivity contribution in [2.24, 2.45) is 5.14 Å². The van der Waals surface area contributed by atoms with E-state index >= 15 is 0 Å². The molecule has 5 N–H and O–H groups in total. The van der Waals surface area contributed by atoms with Gasteiger partial charge in [0, 0.05) is 0 Å². The minimum atomic E-state index is -4.17. The van der Waals surface area contributed by atoms with Crippen LogP contribution in [-0.4, -0.2) is 57.4 Å². The van der Waals surface area contributed by atoms with E-state index in [2.05, 4.69) is 5.14 Å². The summed E-state index contributed by atoms with van der Waals surface area (Å²) >= 11 is 1.07. The van der Waals surface area contributed by atoms with Crippen molar-refractivity contribution in [1.82, 2.24) is 0 Å². The van der Waals surface area contributed by atoms with E-state index in [-0.39, 0.29) is 0 Å². The molecule has 0 spiro atoms. The van der Waals surface area contributed by atoms with Crippen LogP contribution in [0.25, 0.3) is 0 Å². The molecule has 0 rings (SSSR count). The van der Waals surface area contributed by atoms with Gasteiger partial charge in [-0.3, -0.25) is 4.55 Å². The third kappa shape index (κ3) is 58.0. The average molecular weight is 195 g/mol. The quantitative estimate of drug-likeness (QED) is 0.231. The van der Waals surface area contributed by atoms with E-state index in [9.17, 15) is 0 Å². The van der Waals surface area contributed by atoms with Gasteiger partial charge in [0.25, 0.3) is 0 Å². The van der Waals surface area contributed by atoms with Gasteiger partial charge in [0.15, 0.2) is 0 Å². The fourth-order valence-corrected chi connectivity index (χ4v) is 0.775. The first-order valence-electron chi connectivity index (χ1n) is 2.88. The molecule has 0 heterocycles. The molecule has 0 aromatic heterocycles. The summed E-state index contributed by atoms with van der Waals surface area (Å²) in [5.74, 6) is 0. The van der Waals surface area contributed by atoms with E-state index in [1.165, 1.54) is 0 Å². The van der Waals surface area contributed by atoms with E-state index in [0.717, 1.165) is 31.6 Å². The summed E-state index contributed by atoms with van der Waals surface area (Å²) in [6.45, 7) is 0. The second kappa shape index (κ2) is 7.44. The molecule has 0 saturated carbocycles. The van der Waals surface area contributed by atoms with Crippen LogP contribution in [0.5, 0.6) is 0 Å². The molecule has 0 radical (unpaired) electrons. The zero-order valence-electron chi connectivity index (χ0n) is 6.14. The van der Waals surface area contributed by atoms with Gasteiger partial charge in [-0.05, 0) is 0 Å². The number of hydrogen-bond donors (Lipinski definition) is 4. The predicted octanol–water partition coefficient (Wildman–Crippen LogP) is -1.98. The molecule has 0 fully saturated rings. The standard InChI is InChI=1S/C3H7O2.H3NO3S.Na/c1-2-3(4)5;1-5(2,3)4;/h3-5H,1-2H2;(H3,1,2,3,4);. The first-order chi connectivity index (χ1) is 4.77. The molecule has 8 heteroatoms. The fourth-order valence-electron chi connectivity index (χ4n) is 0.258. The third-order valence-electron chi connectivity index (χ3n) is 0.547. The number of hydrogen-bond acceptors (Lipinski definition) is 4. The van der Waals surface area contributed by atoms with Gasteiger partial charge in [0.1, 0.15) is 0 Å². The molecule has 0 aromatic carbocycles. The van der Waals surface area contributed by atoms with Gasteiger partial charge in [-0.1, -0.05) is 0 Å². The Morgan fingerprint density at radius 1 is 1.45 bits per heavy atom. The summed E-state index contributed by atoms with van der Waals surface area (Å²) in [7, 11) is -4.17. The Morgan fingerprint density at radius 2 is 1.73 bits per heavy atom. The monoisotopic (exact) mass is 195 g/mol. The third-order valence-corrected chi connectivity index (χ3v) is 1.12. The van der Waals surface area contributed by atoms with Crippen LogP contribution < -0.4 is 5.14 Å². The molecular weight excluding hydrogens is 185 g/mol. The van der Waals surface area contributed by atoms with Crippen molar-refractivity contribution in [3.8, 4) is 0 Å². The molecule has 0 aliphatic carbocycles. The average Bonchev–Trinajstić information content (AvgIpc) is 1.58. The van der Waals surface area contributed by atoms with E-state index in [4.69, 9.17) is 23.2 Å². The second-order valence-electron chi connectivity index (χ2n) is 1.78. The van der Waals surface area contributed by atoms with E-state index < -0.39 is 16.6 Å². The van der Waals surface area contributed by atoms with Crippen LogP contribution in [0.4, 0.5) is 0 Å². The first-order valence-corrected chi connectivity index (χ1v) is 5.80. The summed E-state index contributed by atoms with van der Waals surface area (Å²) in [6.07, 6.45) is -0.519.